The van der Waals surface area contributed by atoms with Crippen molar-refractivity contribution in [1.82, 2.24) is 20.2 Å². The molecule has 128 valence electrons. The highest BCUT2D eigenvalue weighted by Gasteiger charge is 2.23. The molecule has 0 spiro atoms. The zero-order valence-electron chi connectivity index (χ0n) is 14.3. The van der Waals surface area contributed by atoms with Gasteiger partial charge in [0, 0.05) is 36.8 Å². The van der Waals surface area contributed by atoms with Crippen molar-refractivity contribution in [3.8, 4) is 0 Å². The Morgan fingerprint density at radius 2 is 2.04 bits per heavy atom. The highest BCUT2D eigenvalue weighted by Crippen LogP contribution is 2.29. The molecule has 6 nitrogen and oxygen atoms in total. The lowest BCUT2D eigenvalue weighted by Crippen LogP contribution is -2.35. The standard InChI is InChI=1S/C19H22N6/c1-14-12-18(22-17-9-10-20-24-17)23-19(21-14)25-11-5-8-16(13-25)15-6-3-2-4-7-15/h2-4,6-7,9-10,12,16H,5,8,11,13H2,1H3,(H2,20,21,22,23,24). The predicted octanol–water partition coefficient (Wildman–Crippen LogP) is 3.64. The fourth-order valence-electron chi connectivity index (χ4n) is 3.38. The summed E-state index contributed by atoms with van der Waals surface area (Å²) in [6, 6.07) is 14.6. The number of benzene rings is 1. The Bertz CT molecular complexity index is 815. The molecule has 0 saturated carbocycles. The Morgan fingerprint density at radius 3 is 2.84 bits per heavy atom. The van der Waals surface area contributed by atoms with E-state index in [1.807, 2.05) is 19.1 Å². The molecule has 6 heteroatoms. The molecular formula is C19H22N6. The van der Waals surface area contributed by atoms with E-state index in [1.165, 1.54) is 12.0 Å². The summed E-state index contributed by atoms with van der Waals surface area (Å²) in [4.78, 5) is 11.7. The van der Waals surface area contributed by atoms with Crippen molar-refractivity contribution in [2.45, 2.75) is 25.7 Å². The van der Waals surface area contributed by atoms with Crippen LogP contribution in [-0.4, -0.2) is 33.3 Å². The van der Waals surface area contributed by atoms with Crippen LogP contribution in [0.4, 0.5) is 17.6 Å². The summed E-state index contributed by atoms with van der Waals surface area (Å²) in [5.74, 6) is 2.93. The summed E-state index contributed by atoms with van der Waals surface area (Å²) in [5.41, 5.74) is 2.35. The molecule has 1 aliphatic heterocycles. The maximum absolute atomic E-state index is 4.72. The van der Waals surface area contributed by atoms with Gasteiger partial charge in [-0.25, -0.2) is 4.98 Å². The van der Waals surface area contributed by atoms with Crippen molar-refractivity contribution in [3.63, 3.8) is 0 Å². The van der Waals surface area contributed by atoms with Crippen LogP contribution in [-0.2, 0) is 0 Å². The van der Waals surface area contributed by atoms with Crippen LogP contribution in [0.2, 0.25) is 0 Å². The summed E-state index contributed by atoms with van der Waals surface area (Å²) in [6.07, 6.45) is 4.08. The van der Waals surface area contributed by atoms with E-state index in [2.05, 4.69) is 55.7 Å². The van der Waals surface area contributed by atoms with Crippen molar-refractivity contribution in [3.05, 3.63) is 59.9 Å². The number of aromatic nitrogens is 4. The number of piperidine rings is 1. The number of nitrogens with zero attached hydrogens (tertiary/aromatic N) is 4. The number of rotatable bonds is 4. The molecule has 1 fully saturated rings. The Morgan fingerprint density at radius 1 is 1.16 bits per heavy atom. The van der Waals surface area contributed by atoms with Crippen LogP contribution in [0.3, 0.4) is 0 Å². The lowest BCUT2D eigenvalue weighted by molar-refractivity contribution is 0.503. The van der Waals surface area contributed by atoms with E-state index >= 15 is 0 Å². The van der Waals surface area contributed by atoms with Gasteiger partial charge in [-0.05, 0) is 25.3 Å². The molecule has 2 aromatic heterocycles. The van der Waals surface area contributed by atoms with Crippen molar-refractivity contribution < 1.29 is 0 Å². The third kappa shape index (κ3) is 3.63. The number of aromatic amines is 1. The molecule has 1 unspecified atom stereocenters. The topological polar surface area (TPSA) is 69.7 Å². The molecule has 1 atom stereocenters. The third-order valence-electron chi connectivity index (χ3n) is 4.58. The molecule has 0 bridgehead atoms. The first-order valence-electron chi connectivity index (χ1n) is 8.70. The van der Waals surface area contributed by atoms with Gasteiger partial charge in [0.05, 0.1) is 6.20 Å². The van der Waals surface area contributed by atoms with Gasteiger partial charge in [0.15, 0.2) is 0 Å². The van der Waals surface area contributed by atoms with Gasteiger partial charge in [-0.2, -0.15) is 10.1 Å². The molecule has 0 amide bonds. The highest BCUT2D eigenvalue weighted by atomic mass is 15.3. The first-order valence-corrected chi connectivity index (χ1v) is 8.70. The summed E-state index contributed by atoms with van der Waals surface area (Å²) in [5, 5.41) is 10.1. The van der Waals surface area contributed by atoms with Crippen LogP contribution in [0, 0.1) is 6.92 Å². The monoisotopic (exact) mass is 334 g/mol. The predicted molar refractivity (Wildman–Crippen MR) is 99.3 cm³/mol. The van der Waals surface area contributed by atoms with Gasteiger partial charge in [0.1, 0.15) is 11.6 Å². The third-order valence-corrected chi connectivity index (χ3v) is 4.58. The van der Waals surface area contributed by atoms with E-state index in [9.17, 15) is 0 Å². The smallest absolute Gasteiger partial charge is 0.227 e. The van der Waals surface area contributed by atoms with Crippen molar-refractivity contribution in [2.24, 2.45) is 0 Å². The Hall–Kier alpha value is -2.89. The molecule has 0 aliphatic carbocycles. The molecule has 4 rings (SSSR count). The molecule has 1 aromatic carbocycles. The Balaban J connectivity index is 1.55. The summed E-state index contributed by atoms with van der Waals surface area (Å²) >= 11 is 0. The molecule has 1 aliphatic rings. The van der Waals surface area contributed by atoms with Crippen molar-refractivity contribution in [1.29, 1.82) is 0 Å². The van der Waals surface area contributed by atoms with Gasteiger partial charge < -0.3 is 10.2 Å². The van der Waals surface area contributed by atoms with Gasteiger partial charge in [-0.15, -0.1) is 0 Å². The average molecular weight is 334 g/mol. The summed E-state index contributed by atoms with van der Waals surface area (Å²) in [7, 11) is 0. The number of aryl methyl sites for hydroxylation is 1. The largest absolute Gasteiger partial charge is 0.340 e. The zero-order valence-corrected chi connectivity index (χ0v) is 14.3. The van der Waals surface area contributed by atoms with E-state index < -0.39 is 0 Å². The van der Waals surface area contributed by atoms with Crippen LogP contribution in [0.15, 0.2) is 48.7 Å². The first-order chi connectivity index (χ1) is 12.3. The van der Waals surface area contributed by atoms with Gasteiger partial charge in [-0.3, -0.25) is 5.10 Å². The lowest BCUT2D eigenvalue weighted by Gasteiger charge is -2.33. The van der Waals surface area contributed by atoms with Crippen molar-refractivity contribution >= 4 is 17.6 Å². The minimum atomic E-state index is 0.531. The summed E-state index contributed by atoms with van der Waals surface area (Å²) < 4.78 is 0. The minimum absolute atomic E-state index is 0.531. The highest BCUT2D eigenvalue weighted by molar-refractivity contribution is 5.53. The maximum atomic E-state index is 4.72. The fourth-order valence-corrected chi connectivity index (χ4v) is 3.38. The number of anilines is 3. The van der Waals surface area contributed by atoms with Gasteiger partial charge in [0.25, 0.3) is 0 Å². The number of hydrogen-bond donors (Lipinski definition) is 2. The Kier molecular flexibility index (Phi) is 4.33. The second-order valence-electron chi connectivity index (χ2n) is 6.49. The zero-order chi connectivity index (χ0) is 17.1. The SMILES string of the molecule is Cc1cc(Nc2ccn[nH]2)nc(N2CCCC(c3ccccc3)C2)n1. The molecule has 3 heterocycles. The number of nitrogens with one attached hydrogen (secondary N) is 2. The quantitative estimate of drug-likeness (QED) is 0.762. The lowest BCUT2D eigenvalue weighted by atomic mass is 9.91. The van der Waals surface area contributed by atoms with Crippen LogP contribution in [0.1, 0.15) is 30.0 Å². The van der Waals surface area contributed by atoms with E-state index in [0.717, 1.165) is 42.8 Å². The molecule has 3 aromatic rings. The normalized spacial score (nSPS) is 17.5. The molecule has 25 heavy (non-hydrogen) atoms. The van der Waals surface area contributed by atoms with Crippen molar-refractivity contribution in [2.75, 3.05) is 23.3 Å². The minimum Gasteiger partial charge on any atom is -0.340 e. The van der Waals surface area contributed by atoms with Crippen LogP contribution in [0.25, 0.3) is 0 Å². The molecule has 0 radical (unpaired) electrons. The second kappa shape index (κ2) is 6.93. The maximum Gasteiger partial charge on any atom is 0.227 e. The van der Waals surface area contributed by atoms with E-state index in [1.54, 1.807) is 6.20 Å². The van der Waals surface area contributed by atoms with Gasteiger partial charge in [0.2, 0.25) is 5.95 Å². The second-order valence-corrected chi connectivity index (χ2v) is 6.49. The average Bonchev–Trinajstić information content (AvgIpc) is 3.15. The van der Waals surface area contributed by atoms with Crippen LogP contribution >= 0.6 is 0 Å². The first kappa shape index (κ1) is 15.6. The van der Waals surface area contributed by atoms with E-state index in [0.29, 0.717) is 5.92 Å². The number of hydrogen-bond acceptors (Lipinski definition) is 5. The summed E-state index contributed by atoms with van der Waals surface area (Å²) in [6.45, 7) is 3.95. The van der Waals surface area contributed by atoms with E-state index in [4.69, 9.17) is 4.98 Å². The van der Waals surface area contributed by atoms with Crippen LogP contribution < -0.4 is 10.2 Å². The molecule has 2 N–H and O–H groups in total. The number of H-pyrrole nitrogens is 1. The van der Waals surface area contributed by atoms with E-state index in [-0.39, 0.29) is 0 Å². The Labute approximate surface area is 147 Å². The van der Waals surface area contributed by atoms with Gasteiger partial charge >= 0.3 is 0 Å². The molecular weight excluding hydrogens is 312 g/mol. The fraction of sp³-hybridized carbons (Fsp3) is 0.316. The van der Waals surface area contributed by atoms with Gasteiger partial charge in [-0.1, -0.05) is 30.3 Å². The van der Waals surface area contributed by atoms with Crippen LogP contribution in [0.5, 0.6) is 0 Å². The molecule has 1 saturated heterocycles.